The summed E-state index contributed by atoms with van der Waals surface area (Å²) in [6.45, 7) is 0. The molecule has 0 amide bonds. The van der Waals surface area contributed by atoms with Crippen LogP contribution >= 0.6 is 10.3 Å². The monoisotopic (exact) mass is 1200 g/mol. The number of carbonyl (C=O) groups is 4. The fraction of sp³-hybridized carbons (Fsp3) is 0.0303. The summed E-state index contributed by atoms with van der Waals surface area (Å²) in [5.74, 6) is -6.17. The molecule has 0 heterocycles. The van der Waals surface area contributed by atoms with Gasteiger partial charge in [-0.1, -0.05) is 54.6 Å². The summed E-state index contributed by atoms with van der Waals surface area (Å²) in [5.41, 5.74) is -4.69. The Labute approximate surface area is 487 Å². The lowest BCUT2D eigenvalue weighted by molar-refractivity contribution is -0.0496. The van der Waals surface area contributed by atoms with Crippen LogP contribution in [0.15, 0.2) is 251 Å². The minimum Gasteiger partial charge on any atom is -0.423 e. The van der Waals surface area contributed by atoms with Crippen molar-refractivity contribution in [3.8, 4) is 34.1 Å². The van der Waals surface area contributed by atoms with Gasteiger partial charge >= 0.3 is 39.5 Å². The van der Waals surface area contributed by atoms with Crippen LogP contribution in [0.5, 0.6) is 23.0 Å². The second kappa shape index (κ2) is 23.1. The molecule has 0 unspecified atom stereocenters. The Morgan fingerprint density at radius 2 is 0.651 bits per heavy atom. The molecule has 86 heavy (non-hydrogen) atoms. The predicted octanol–water partition coefficient (Wildman–Crippen LogP) is 15.5. The van der Waals surface area contributed by atoms with Gasteiger partial charge in [-0.2, -0.15) is 25.2 Å². The van der Waals surface area contributed by atoms with Gasteiger partial charge in [0.15, 0.2) is 0 Å². The largest absolute Gasteiger partial charge is 0.524 e. The van der Waals surface area contributed by atoms with Crippen LogP contribution < -0.4 is 18.9 Å². The lowest BCUT2D eigenvalue weighted by Gasteiger charge is -2.41. The van der Waals surface area contributed by atoms with Crippen LogP contribution in [-0.2, 0) is 19.2 Å². The number of hydrogen-bond donors (Lipinski definition) is 0. The Morgan fingerprint density at radius 1 is 0.349 bits per heavy atom. The fourth-order valence-electron chi connectivity index (χ4n) is 9.88. The predicted molar refractivity (Wildman–Crippen MR) is 301 cm³/mol. The first-order valence-electron chi connectivity index (χ1n) is 25.6. The zero-order valence-corrected chi connectivity index (χ0v) is 45.6. The van der Waals surface area contributed by atoms with E-state index in [0.29, 0.717) is 33.4 Å². The Morgan fingerprint density at radius 3 is 0.988 bits per heavy atom. The number of halogens is 7. The van der Waals surface area contributed by atoms with E-state index < -0.39 is 78.5 Å². The standard InChI is InChI=1S/C66H39F7O11S2/c67-46-17-5-40(6-18-46)61(74)80-50-25-13-44(14-26-50)65(45-15-27-51(28-16-45)81-62(75)41-7-19-47(68)20-8-41)59-4-2-1-3-57(59)58-38-37-56(39-60(58)65)85(84-86(78,79)66(71,72)73,54-33-29-52(30-34-54)82-63(76)42-9-21-48(69)22-10-42)55-35-31-53(32-36-55)83-64(77)43-11-23-49(70)24-12-43/h1-39H. The van der Waals surface area contributed by atoms with Gasteiger partial charge in [-0.05, 0) is 226 Å². The summed E-state index contributed by atoms with van der Waals surface area (Å²) in [6, 6.07) is 51.9. The highest BCUT2D eigenvalue weighted by molar-refractivity contribution is 8.33. The third-order valence-electron chi connectivity index (χ3n) is 13.9. The molecule has 0 bridgehead atoms. The Hall–Kier alpha value is -10.2. The van der Waals surface area contributed by atoms with Crippen molar-refractivity contribution in [2.45, 2.75) is 25.6 Å². The highest BCUT2D eigenvalue weighted by Crippen LogP contribution is 2.72. The molecule has 0 saturated heterocycles. The van der Waals surface area contributed by atoms with Gasteiger partial charge in [0, 0.05) is 14.7 Å². The maximum absolute atomic E-state index is 15.2. The molecular formula is C66H39F7O11S2. The highest BCUT2D eigenvalue weighted by Gasteiger charge is 2.54. The second-order valence-corrected chi connectivity index (χ2v) is 23.5. The number of fused-ring (bicyclic) bond motifs is 3. The van der Waals surface area contributed by atoms with Gasteiger partial charge in [0.05, 0.1) is 27.7 Å². The quantitative estimate of drug-likeness (QED) is 0.0418. The molecule has 1 aliphatic rings. The van der Waals surface area contributed by atoms with E-state index in [4.69, 9.17) is 22.6 Å². The molecular weight excluding hydrogens is 1170 g/mol. The SMILES string of the molecule is O=C(Oc1ccc(C2(c3ccc(OC(=O)c4ccc(F)cc4)cc3)c3ccccc3-c3ccc(S(OS(=O)(=O)C(F)(F)F)(c4ccc(OC(=O)c5ccc(F)cc5)cc4)c4ccc(OC(=O)c5ccc(F)cc5)cc4)cc32)cc1)c1ccc(F)cc1. The van der Waals surface area contributed by atoms with Crippen LogP contribution in [0.1, 0.15) is 63.7 Å². The van der Waals surface area contributed by atoms with Crippen LogP contribution in [-0.4, -0.2) is 37.8 Å². The zero-order chi connectivity index (χ0) is 60.5. The minimum absolute atomic E-state index is 0.0420. The van der Waals surface area contributed by atoms with Crippen LogP contribution in [0.3, 0.4) is 0 Å². The molecule has 0 N–H and O–H groups in total. The van der Waals surface area contributed by atoms with E-state index >= 15 is 13.2 Å². The number of rotatable bonds is 15. The van der Waals surface area contributed by atoms with Gasteiger partial charge < -0.3 is 18.9 Å². The first kappa shape index (κ1) is 57.7. The Balaban J connectivity index is 1.11. The Kier molecular flexibility index (Phi) is 15.5. The summed E-state index contributed by atoms with van der Waals surface area (Å²) in [7, 11) is -11.0. The van der Waals surface area contributed by atoms with Crippen molar-refractivity contribution in [3.05, 3.63) is 304 Å². The van der Waals surface area contributed by atoms with Crippen molar-refractivity contribution in [1.82, 2.24) is 0 Å². The number of esters is 4. The molecule has 20 heteroatoms. The molecule has 430 valence electrons. The molecule has 11 nitrogen and oxygen atoms in total. The molecule has 1 aliphatic carbocycles. The molecule has 0 spiro atoms. The first-order chi connectivity index (χ1) is 41.2. The number of hydrogen-bond acceptors (Lipinski definition) is 11. The van der Waals surface area contributed by atoms with Crippen LogP contribution in [0.2, 0.25) is 0 Å². The molecule has 0 radical (unpaired) electrons. The van der Waals surface area contributed by atoms with E-state index in [1.165, 1.54) is 133 Å². The third-order valence-corrected chi connectivity index (χ3v) is 18.8. The topological polar surface area (TPSA) is 149 Å². The normalized spacial score (nSPS) is 12.7. The van der Waals surface area contributed by atoms with Crippen LogP contribution in [0.4, 0.5) is 30.7 Å². The number of carbonyl (C=O) groups excluding carboxylic acids is 4. The van der Waals surface area contributed by atoms with E-state index in [0.717, 1.165) is 48.5 Å². The van der Waals surface area contributed by atoms with Gasteiger partial charge in [-0.15, -0.1) is 0 Å². The van der Waals surface area contributed by atoms with Crippen molar-refractivity contribution in [2.24, 2.45) is 0 Å². The molecule has 10 aromatic rings. The first-order valence-corrected chi connectivity index (χ1v) is 28.6. The van der Waals surface area contributed by atoms with Crippen molar-refractivity contribution in [2.75, 3.05) is 0 Å². The van der Waals surface area contributed by atoms with Crippen LogP contribution in [0.25, 0.3) is 11.1 Å². The molecule has 11 rings (SSSR count). The second-order valence-electron chi connectivity index (χ2n) is 19.1. The smallest absolute Gasteiger partial charge is 0.423 e. The van der Waals surface area contributed by atoms with Crippen molar-refractivity contribution >= 4 is 44.3 Å². The number of ether oxygens (including phenoxy) is 4. The lowest BCUT2D eigenvalue weighted by Crippen LogP contribution is -2.29. The van der Waals surface area contributed by atoms with Gasteiger partial charge in [-0.3, -0.25) is 0 Å². The summed E-state index contributed by atoms with van der Waals surface area (Å²) in [4.78, 5) is 52.5. The summed E-state index contributed by atoms with van der Waals surface area (Å²) >= 11 is 0. The highest BCUT2D eigenvalue weighted by atomic mass is 32.3. The molecule has 0 atom stereocenters. The zero-order valence-electron chi connectivity index (χ0n) is 44.0. The summed E-state index contributed by atoms with van der Waals surface area (Å²) in [6.07, 6.45) is 0. The van der Waals surface area contributed by atoms with E-state index in [-0.39, 0.29) is 59.9 Å². The maximum atomic E-state index is 15.2. The van der Waals surface area contributed by atoms with Crippen LogP contribution in [0, 0.1) is 23.3 Å². The lowest BCUT2D eigenvalue weighted by atomic mass is 9.67. The van der Waals surface area contributed by atoms with E-state index in [9.17, 15) is 45.2 Å². The van der Waals surface area contributed by atoms with E-state index in [1.54, 1.807) is 48.5 Å². The fourth-order valence-corrected chi connectivity index (χ4v) is 14.6. The molecule has 10 aromatic carbocycles. The van der Waals surface area contributed by atoms with Crippen molar-refractivity contribution < 1.29 is 80.9 Å². The third kappa shape index (κ3) is 11.2. The molecule has 0 aromatic heterocycles. The van der Waals surface area contributed by atoms with E-state index in [1.807, 2.05) is 6.07 Å². The maximum Gasteiger partial charge on any atom is 0.524 e. The van der Waals surface area contributed by atoms with Gasteiger partial charge in [0.1, 0.15) is 46.3 Å². The molecule has 0 aliphatic heterocycles. The van der Waals surface area contributed by atoms with Crippen molar-refractivity contribution in [1.29, 1.82) is 0 Å². The van der Waals surface area contributed by atoms with Crippen molar-refractivity contribution in [3.63, 3.8) is 0 Å². The molecule has 0 saturated carbocycles. The average Bonchev–Trinajstić information content (AvgIpc) is 1.50. The minimum atomic E-state index is -6.63. The van der Waals surface area contributed by atoms with Gasteiger partial charge in [0.25, 0.3) is 0 Å². The molecule has 0 fully saturated rings. The number of benzene rings is 10. The number of alkyl halides is 3. The summed E-state index contributed by atoms with van der Waals surface area (Å²) in [5, 5.41) is 0. The van der Waals surface area contributed by atoms with Gasteiger partial charge in [-0.25, -0.2) is 36.7 Å². The summed E-state index contributed by atoms with van der Waals surface area (Å²) < 4.78 is 157. The van der Waals surface area contributed by atoms with Gasteiger partial charge in [0.2, 0.25) is 0 Å². The Bertz CT molecular complexity index is 4130. The van der Waals surface area contributed by atoms with E-state index in [2.05, 4.69) is 0 Å². The average molecular weight is 1210 g/mol.